The molecule has 3 heteroatoms. The molecule has 8 aromatic rings. The summed E-state index contributed by atoms with van der Waals surface area (Å²) in [6.07, 6.45) is 0. The van der Waals surface area contributed by atoms with Crippen LogP contribution in [0.1, 0.15) is 11.3 Å². The maximum atomic E-state index is 5.28. The van der Waals surface area contributed by atoms with Gasteiger partial charge in [0.2, 0.25) is 0 Å². The van der Waals surface area contributed by atoms with Gasteiger partial charge in [0.15, 0.2) is 0 Å². The summed E-state index contributed by atoms with van der Waals surface area (Å²) in [6.45, 7) is 4.27. The summed E-state index contributed by atoms with van der Waals surface area (Å²) < 4.78 is 1.30. The van der Waals surface area contributed by atoms with Crippen LogP contribution in [0, 0.1) is 13.8 Å². The van der Waals surface area contributed by atoms with Crippen LogP contribution in [0.15, 0.2) is 121 Å². The minimum absolute atomic E-state index is 0.955. The number of hydrogen-bond donors (Lipinski definition) is 0. The Labute approximate surface area is 242 Å². The van der Waals surface area contributed by atoms with Crippen LogP contribution in [0.4, 0.5) is 0 Å². The average Bonchev–Trinajstić information content (AvgIpc) is 3.47. The first-order chi connectivity index (χ1) is 20.1. The first-order valence-electron chi connectivity index (χ1n) is 13.9. The summed E-state index contributed by atoms with van der Waals surface area (Å²) in [6, 6.07) is 43.4. The van der Waals surface area contributed by atoms with Gasteiger partial charge in [0.1, 0.15) is 0 Å². The third-order valence-electron chi connectivity index (χ3n) is 8.11. The highest BCUT2D eigenvalue weighted by atomic mass is 32.1. The highest BCUT2D eigenvalue weighted by molar-refractivity contribution is 7.23. The molecule has 8 rings (SSSR count). The van der Waals surface area contributed by atoms with Crippen molar-refractivity contribution < 1.29 is 0 Å². The van der Waals surface area contributed by atoms with E-state index in [1.165, 1.54) is 53.6 Å². The van der Waals surface area contributed by atoms with Crippen molar-refractivity contribution in [3.63, 3.8) is 0 Å². The van der Waals surface area contributed by atoms with Crippen LogP contribution in [0.5, 0.6) is 0 Å². The molecule has 0 atom stereocenters. The van der Waals surface area contributed by atoms with E-state index in [0.717, 1.165) is 33.2 Å². The molecule has 0 bridgehead atoms. The predicted octanol–water partition coefficient (Wildman–Crippen LogP) is 10.8. The predicted molar refractivity (Wildman–Crippen MR) is 176 cm³/mol. The van der Waals surface area contributed by atoms with E-state index < -0.39 is 0 Å². The van der Waals surface area contributed by atoms with Gasteiger partial charge in [-0.3, -0.25) is 4.98 Å². The summed E-state index contributed by atoms with van der Waals surface area (Å²) in [5.41, 5.74) is 9.99. The number of fused-ring (bicyclic) bond motifs is 6. The Morgan fingerprint density at radius 2 is 1.22 bits per heavy atom. The molecule has 0 fully saturated rings. The number of aryl methyl sites for hydroxylation is 2. The molecular weight excluding hydrogens is 516 g/mol. The van der Waals surface area contributed by atoms with Gasteiger partial charge in [-0.25, -0.2) is 4.98 Å². The van der Waals surface area contributed by atoms with Gasteiger partial charge in [-0.15, -0.1) is 11.3 Å². The number of rotatable bonds is 3. The van der Waals surface area contributed by atoms with Crippen LogP contribution in [0.25, 0.3) is 75.5 Å². The van der Waals surface area contributed by atoms with Gasteiger partial charge < -0.3 is 0 Å². The number of pyridine rings is 2. The van der Waals surface area contributed by atoms with Gasteiger partial charge in [0, 0.05) is 32.1 Å². The van der Waals surface area contributed by atoms with E-state index >= 15 is 0 Å². The number of benzene rings is 5. The van der Waals surface area contributed by atoms with Gasteiger partial charge in [-0.05, 0) is 77.2 Å². The van der Waals surface area contributed by atoms with Crippen molar-refractivity contribution in [2.75, 3.05) is 0 Å². The van der Waals surface area contributed by atoms with Gasteiger partial charge in [-0.1, -0.05) is 91.0 Å². The lowest BCUT2D eigenvalue weighted by atomic mass is 9.97. The Balaban J connectivity index is 1.36. The van der Waals surface area contributed by atoms with Crippen LogP contribution in [0.3, 0.4) is 0 Å². The molecule has 0 N–H and O–H groups in total. The normalized spacial score (nSPS) is 11.7. The summed E-state index contributed by atoms with van der Waals surface area (Å²) in [5.74, 6) is 0. The van der Waals surface area contributed by atoms with E-state index in [2.05, 4.69) is 135 Å². The van der Waals surface area contributed by atoms with E-state index in [4.69, 9.17) is 9.97 Å². The zero-order chi connectivity index (χ0) is 27.5. The van der Waals surface area contributed by atoms with Crippen LogP contribution in [0.2, 0.25) is 0 Å². The Kier molecular flexibility index (Phi) is 5.48. The largest absolute Gasteiger partial charge is 0.250 e. The second-order valence-corrected chi connectivity index (χ2v) is 11.8. The number of aromatic nitrogens is 2. The minimum Gasteiger partial charge on any atom is -0.250 e. The van der Waals surface area contributed by atoms with Crippen molar-refractivity contribution >= 4 is 54.0 Å². The molecule has 2 nitrogen and oxygen atoms in total. The molecule has 0 aliphatic carbocycles. The highest BCUT2D eigenvalue weighted by Crippen LogP contribution is 2.43. The number of thiophene rings is 1. The van der Waals surface area contributed by atoms with Crippen molar-refractivity contribution in [1.29, 1.82) is 0 Å². The SMILES string of the molecule is Cc1nc2c(cc1-c1ccccc1)c(C)cc1ccc(-c3cc4c(-c5ccccc5)cc5ccccc5c4s3)nc12. The van der Waals surface area contributed by atoms with E-state index in [9.17, 15) is 0 Å². The first-order valence-corrected chi connectivity index (χ1v) is 14.7. The second-order valence-electron chi connectivity index (χ2n) is 10.7. The lowest BCUT2D eigenvalue weighted by Crippen LogP contribution is -1.94. The molecule has 0 saturated heterocycles. The lowest BCUT2D eigenvalue weighted by Gasteiger charge is -2.12. The maximum Gasteiger partial charge on any atom is 0.0972 e. The number of hydrogen-bond acceptors (Lipinski definition) is 3. The van der Waals surface area contributed by atoms with Crippen molar-refractivity contribution in [3.05, 3.63) is 133 Å². The van der Waals surface area contributed by atoms with E-state index in [1.54, 1.807) is 0 Å². The Morgan fingerprint density at radius 1 is 0.512 bits per heavy atom. The molecule has 194 valence electrons. The fourth-order valence-electron chi connectivity index (χ4n) is 6.06. The van der Waals surface area contributed by atoms with E-state index in [-0.39, 0.29) is 0 Å². The van der Waals surface area contributed by atoms with Gasteiger partial charge in [0.25, 0.3) is 0 Å². The summed E-state index contributed by atoms with van der Waals surface area (Å²) in [5, 5.41) is 6.09. The molecule has 3 aromatic heterocycles. The molecule has 41 heavy (non-hydrogen) atoms. The molecule has 0 spiro atoms. The Morgan fingerprint density at radius 3 is 2.00 bits per heavy atom. The molecule has 0 unspecified atom stereocenters. The van der Waals surface area contributed by atoms with Crippen molar-refractivity contribution in [3.8, 4) is 32.8 Å². The third-order valence-corrected chi connectivity index (χ3v) is 9.30. The van der Waals surface area contributed by atoms with Crippen LogP contribution < -0.4 is 0 Å². The standard InChI is InChI=1S/C38H26N2S/c1-23-19-28-17-18-34(40-36(28)37-30(23)21-31(24(2)39-37)25-11-5-3-6-12-25)35-22-33-32(26-13-7-4-8-14-26)20-27-15-9-10-16-29(27)38(33)41-35/h3-22H,1-2H3. The topological polar surface area (TPSA) is 25.8 Å². The fraction of sp³-hybridized carbons (Fsp3) is 0.0526. The quantitative estimate of drug-likeness (QED) is 0.208. The maximum absolute atomic E-state index is 5.28. The van der Waals surface area contributed by atoms with Crippen LogP contribution in [-0.4, -0.2) is 9.97 Å². The molecule has 5 aromatic carbocycles. The highest BCUT2D eigenvalue weighted by Gasteiger charge is 2.16. The molecule has 0 amide bonds. The lowest BCUT2D eigenvalue weighted by molar-refractivity contribution is 1.25. The molecule has 3 heterocycles. The van der Waals surface area contributed by atoms with Crippen LogP contribution >= 0.6 is 11.3 Å². The Bertz CT molecular complexity index is 2260. The molecule has 0 aliphatic heterocycles. The Hall–Kier alpha value is -4.86. The molecule has 0 radical (unpaired) electrons. The van der Waals surface area contributed by atoms with Gasteiger partial charge >= 0.3 is 0 Å². The van der Waals surface area contributed by atoms with Crippen molar-refractivity contribution in [2.24, 2.45) is 0 Å². The smallest absolute Gasteiger partial charge is 0.0972 e. The third kappa shape index (κ3) is 3.93. The van der Waals surface area contributed by atoms with E-state index in [0.29, 0.717) is 0 Å². The summed E-state index contributed by atoms with van der Waals surface area (Å²) in [4.78, 5) is 11.6. The number of nitrogens with zero attached hydrogens (tertiary/aromatic N) is 2. The fourth-order valence-corrected chi connectivity index (χ4v) is 7.25. The van der Waals surface area contributed by atoms with Gasteiger partial charge in [0.05, 0.1) is 21.6 Å². The van der Waals surface area contributed by atoms with Crippen molar-refractivity contribution in [2.45, 2.75) is 13.8 Å². The summed E-state index contributed by atoms with van der Waals surface area (Å²) >= 11 is 1.83. The van der Waals surface area contributed by atoms with Crippen molar-refractivity contribution in [1.82, 2.24) is 9.97 Å². The van der Waals surface area contributed by atoms with Gasteiger partial charge in [-0.2, -0.15) is 0 Å². The summed E-state index contributed by atoms with van der Waals surface area (Å²) in [7, 11) is 0. The second kappa shape index (κ2) is 9.36. The van der Waals surface area contributed by atoms with Crippen LogP contribution in [-0.2, 0) is 0 Å². The molecular formula is C38H26N2S. The average molecular weight is 543 g/mol. The molecule has 0 aliphatic rings. The first kappa shape index (κ1) is 24.0. The minimum atomic E-state index is 0.955. The zero-order valence-corrected chi connectivity index (χ0v) is 23.7. The monoisotopic (exact) mass is 542 g/mol. The molecule has 0 saturated carbocycles. The zero-order valence-electron chi connectivity index (χ0n) is 22.8. The van der Waals surface area contributed by atoms with E-state index in [1.807, 2.05) is 11.3 Å².